The fourth-order valence-corrected chi connectivity index (χ4v) is 3.33. The molecule has 4 rings (SSSR count). The molecule has 1 amide bonds. The molecule has 9 heteroatoms. The Kier molecular flexibility index (Phi) is 5.80. The summed E-state index contributed by atoms with van der Waals surface area (Å²) < 4.78 is 7.60. The lowest BCUT2D eigenvalue weighted by Gasteiger charge is -2.13. The summed E-state index contributed by atoms with van der Waals surface area (Å²) in [5.74, 6) is 0.372. The Labute approximate surface area is 182 Å². The van der Waals surface area contributed by atoms with E-state index in [0.29, 0.717) is 23.9 Å². The normalized spacial score (nSPS) is 10.8. The van der Waals surface area contributed by atoms with E-state index in [9.17, 15) is 14.4 Å². The zero-order chi connectivity index (χ0) is 22.7. The Morgan fingerprint density at radius 1 is 1.06 bits per heavy atom. The van der Waals surface area contributed by atoms with Crippen molar-refractivity contribution >= 4 is 22.6 Å². The van der Waals surface area contributed by atoms with Gasteiger partial charge in [-0.25, -0.2) is 14.8 Å². The number of nitrogens with one attached hydrogen (secondary N) is 1. The van der Waals surface area contributed by atoms with Crippen LogP contribution in [0.5, 0.6) is 5.75 Å². The molecule has 0 aliphatic heterocycles. The first kappa shape index (κ1) is 21.0. The van der Waals surface area contributed by atoms with Crippen molar-refractivity contribution in [3.05, 3.63) is 81.6 Å². The smallest absolute Gasteiger partial charge is 0.332 e. The summed E-state index contributed by atoms with van der Waals surface area (Å²) in [6.45, 7) is 1.81. The van der Waals surface area contributed by atoms with Gasteiger partial charge in [-0.2, -0.15) is 0 Å². The third kappa shape index (κ3) is 4.00. The lowest BCUT2D eigenvalue weighted by Crippen LogP contribution is -2.42. The van der Waals surface area contributed by atoms with Crippen molar-refractivity contribution in [2.45, 2.75) is 13.5 Å². The van der Waals surface area contributed by atoms with Crippen LogP contribution < -0.4 is 21.3 Å². The third-order valence-electron chi connectivity index (χ3n) is 4.87. The van der Waals surface area contributed by atoms with Crippen LogP contribution in [0.15, 0.2) is 70.4 Å². The van der Waals surface area contributed by atoms with E-state index in [1.54, 1.807) is 24.3 Å². The number of rotatable bonds is 6. The maximum absolute atomic E-state index is 13.0. The second-order valence-corrected chi connectivity index (χ2v) is 7.01. The van der Waals surface area contributed by atoms with Gasteiger partial charge in [0.05, 0.1) is 12.3 Å². The van der Waals surface area contributed by atoms with Crippen molar-refractivity contribution < 1.29 is 9.53 Å². The number of nitrogens with zero attached hydrogens (tertiary/aromatic N) is 4. The molecule has 0 atom stereocenters. The van der Waals surface area contributed by atoms with Gasteiger partial charge in [-0.3, -0.25) is 18.7 Å². The number of hydrogen-bond acceptors (Lipinski definition) is 6. The van der Waals surface area contributed by atoms with Crippen molar-refractivity contribution in [3.8, 4) is 17.1 Å². The molecule has 2 aromatic heterocycles. The van der Waals surface area contributed by atoms with E-state index < -0.39 is 23.7 Å². The van der Waals surface area contributed by atoms with E-state index in [1.165, 1.54) is 17.8 Å². The average Bonchev–Trinajstić information content (AvgIpc) is 2.82. The van der Waals surface area contributed by atoms with Gasteiger partial charge in [-0.05, 0) is 19.1 Å². The van der Waals surface area contributed by atoms with Crippen LogP contribution in [-0.2, 0) is 18.4 Å². The van der Waals surface area contributed by atoms with E-state index in [1.807, 2.05) is 37.3 Å². The quantitative estimate of drug-likeness (QED) is 0.501. The molecular formula is C23H21N5O4. The minimum Gasteiger partial charge on any atom is -0.492 e. The Bertz CT molecular complexity index is 1410. The van der Waals surface area contributed by atoms with Crippen molar-refractivity contribution in [1.29, 1.82) is 0 Å². The molecule has 0 fully saturated rings. The highest BCUT2D eigenvalue weighted by atomic mass is 16.5. The second-order valence-electron chi connectivity index (χ2n) is 7.01. The molecule has 162 valence electrons. The van der Waals surface area contributed by atoms with Crippen LogP contribution in [0.3, 0.4) is 0 Å². The number of fused-ring (bicyclic) bond motifs is 1. The molecule has 0 bridgehead atoms. The van der Waals surface area contributed by atoms with Gasteiger partial charge in [-0.15, -0.1) is 0 Å². The van der Waals surface area contributed by atoms with Gasteiger partial charge in [0.2, 0.25) is 5.91 Å². The van der Waals surface area contributed by atoms with E-state index in [0.717, 1.165) is 10.1 Å². The number of hydrogen-bond donors (Lipinski definition) is 1. The van der Waals surface area contributed by atoms with Gasteiger partial charge in [0.15, 0.2) is 11.5 Å². The molecule has 9 nitrogen and oxygen atoms in total. The molecule has 0 aliphatic rings. The zero-order valence-electron chi connectivity index (χ0n) is 17.6. The number of ether oxygens (including phenoxy) is 1. The van der Waals surface area contributed by atoms with Gasteiger partial charge in [0, 0.05) is 18.8 Å². The molecule has 0 unspecified atom stereocenters. The van der Waals surface area contributed by atoms with E-state index >= 15 is 0 Å². The summed E-state index contributed by atoms with van der Waals surface area (Å²) in [4.78, 5) is 47.1. The SMILES string of the molecule is CCOc1ccccc1NC(=O)Cn1c(=O)c2cnc(-c3ccccc3)nc2n(C)c1=O. The van der Waals surface area contributed by atoms with Crippen LogP contribution in [0.4, 0.5) is 5.69 Å². The van der Waals surface area contributed by atoms with Crippen LogP contribution in [0.25, 0.3) is 22.4 Å². The van der Waals surface area contributed by atoms with Gasteiger partial charge in [0.25, 0.3) is 5.56 Å². The lowest BCUT2D eigenvalue weighted by molar-refractivity contribution is -0.116. The lowest BCUT2D eigenvalue weighted by atomic mass is 10.2. The van der Waals surface area contributed by atoms with Gasteiger partial charge >= 0.3 is 5.69 Å². The second kappa shape index (κ2) is 8.84. The zero-order valence-corrected chi connectivity index (χ0v) is 17.6. The number of anilines is 1. The highest BCUT2D eigenvalue weighted by Crippen LogP contribution is 2.23. The van der Waals surface area contributed by atoms with E-state index in [-0.39, 0.29) is 11.0 Å². The van der Waals surface area contributed by atoms with E-state index in [4.69, 9.17) is 4.74 Å². The molecule has 0 spiro atoms. The maximum Gasteiger partial charge on any atom is 0.332 e. The summed E-state index contributed by atoms with van der Waals surface area (Å²) in [7, 11) is 1.50. The van der Waals surface area contributed by atoms with Crippen molar-refractivity contribution in [2.75, 3.05) is 11.9 Å². The molecule has 1 N–H and O–H groups in total. The number of carbonyl (C=O) groups is 1. The molecular weight excluding hydrogens is 410 g/mol. The van der Waals surface area contributed by atoms with Gasteiger partial charge in [0.1, 0.15) is 17.7 Å². The molecule has 0 aliphatic carbocycles. The van der Waals surface area contributed by atoms with Crippen molar-refractivity contribution in [2.24, 2.45) is 7.05 Å². The number of para-hydroxylation sites is 2. The predicted molar refractivity (Wildman–Crippen MR) is 121 cm³/mol. The van der Waals surface area contributed by atoms with Crippen molar-refractivity contribution in [1.82, 2.24) is 19.1 Å². The summed E-state index contributed by atoms with van der Waals surface area (Å²) >= 11 is 0. The van der Waals surface area contributed by atoms with Crippen molar-refractivity contribution in [3.63, 3.8) is 0 Å². The summed E-state index contributed by atoms with van der Waals surface area (Å²) in [5, 5.41) is 2.84. The number of carbonyl (C=O) groups excluding carboxylic acids is 1. The van der Waals surface area contributed by atoms with Crippen LogP contribution in [0.1, 0.15) is 6.92 Å². The predicted octanol–water partition coefficient (Wildman–Crippen LogP) is 2.19. The largest absolute Gasteiger partial charge is 0.492 e. The highest BCUT2D eigenvalue weighted by Gasteiger charge is 2.17. The number of benzene rings is 2. The summed E-state index contributed by atoms with van der Waals surface area (Å²) in [6.07, 6.45) is 1.38. The molecule has 4 aromatic rings. The van der Waals surface area contributed by atoms with Gasteiger partial charge in [-0.1, -0.05) is 42.5 Å². The summed E-state index contributed by atoms with van der Waals surface area (Å²) in [5.41, 5.74) is 0.149. The third-order valence-corrected chi connectivity index (χ3v) is 4.87. The van der Waals surface area contributed by atoms with Crippen LogP contribution in [-0.4, -0.2) is 31.6 Å². The molecule has 0 saturated carbocycles. The standard InChI is InChI=1S/C23H21N5O4/c1-3-32-18-12-8-7-11-17(18)25-19(29)14-28-22(30)16-13-24-20(15-9-5-4-6-10-15)26-21(16)27(2)23(28)31/h4-13H,3,14H2,1-2H3,(H,25,29). The minimum atomic E-state index is -0.645. The Morgan fingerprint density at radius 2 is 1.78 bits per heavy atom. The monoisotopic (exact) mass is 431 g/mol. The van der Waals surface area contributed by atoms with Crippen LogP contribution in [0, 0.1) is 0 Å². The highest BCUT2D eigenvalue weighted by molar-refractivity contribution is 5.92. The molecule has 2 aromatic carbocycles. The molecule has 0 saturated heterocycles. The molecule has 32 heavy (non-hydrogen) atoms. The first-order chi connectivity index (χ1) is 15.5. The Morgan fingerprint density at radius 3 is 2.53 bits per heavy atom. The number of amides is 1. The minimum absolute atomic E-state index is 0.147. The summed E-state index contributed by atoms with van der Waals surface area (Å²) in [6, 6.07) is 16.2. The first-order valence-corrected chi connectivity index (χ1v) is 10.0. The molecule has 2 heterocycles. The number of aryl methyl sites for hydroxylation is 1. The Hall–Kier alpha value is -4.27. The fraction of sp³-hybridized carbons (Fsp3) is 0.174. The average molecular weight is 431 g/mol. The van der Waals surface area contributed by atoms with E-state index in [2.05, 4.69) is 15.3 Å². The first-order valence-electron chi connectivity index (χ1n) is 10.0. The topological polar surface area (TPSA) is 108 Å². The van der Waals surface area contributed by atoms with Crippen LogP contribution in [0.2, 0.25) is 0 Å². The Balaban J connectivity index is 1.69. The van der Waals surface area contributed by atoms with Gasteiger partial charge < -0.3 is 10.1 Å². The number of aromatic nitrogens is 4. The maximum atomic E-state index is 13.0. The molecule has 0 radical (unpaired) electrons. The van der Waals surface area contributed by atoms with Crippen LogP contribution >= 0.6 is 0 Å². The fourth-order valence-electron chi connectivity index (χ4n) is 3.33.